The minimum Gasteiger partial charge on any atom is -0.456 e. The molecule has 0 saturated heterocycles. The van der Waals surface area contributed by atoms with Crippen molar-refractivity contribution in [2.24, 2.45) is 0 Å². The predicted octanol–water partition coefficient (Wildman–Crippen LogP) is 16.8. The van der Waals surface area contributed by atoms with Gasteiger partial charge in [0, 0.05) is 44.0 Å². The molecule has 12 rings (SSSR count). The van der Waals surface area contributed by atoms with E-state index in [4.69, 9.17) is 8.83 Å². The number of para-hydroxylation sites is 4. The van der Waals surface area contributed by atoms with E-state index in [2.05, 4.69) is 205 Å². The summed E-state index contributed by atoms with van der Waals surface area (Å²) in [5, 5.41) is 6.99. The van der Waals surface area contributed by atoms with Gasteiger partial charge >= 0.3 is 0 Å². The van der Waals surface area contributed by atoms with Crippen molar-refractivity contribution in [1.29, 1.82) is 0 Å². The summed E-state index contributed by atoms with van der Waals surface area (Å²) in [7, 11) is 0. The van der Waals surface area contributed by atoms with E-state index in [9.17, 15) is 0 Å². The smallest absolute Gasteiger partial charge is 0.143 e. The number of nitrogens with zero attached hydrogens (tertiary/aromatic N) is 1. The molecular weight excluding hydrogens is 743 g/mol. The van der Waals surface area contributed by atoms with E-state index in [1.54, 1.807) is 0 Å². The quantitative estimate of drug-likeness (QED) is 0.161. The zero-order valence-corrected chi connectivity index (χ0v) is 33.1. The second kappa shape index (κ2) is 14.3. The molecule has 0 radical (unpaired) electrons. The van der Waals surface area contributed by atoms with E-state index in [1.165, 1.54) is 21.9 Å². The SMILES string of the molecule is c1cc(-c2ccccc2N(c2ccc(-c3cccc4c3oc3ccccc34)cc2)c2ccc(-c3cccc4oc5ccccc5c34)cc2)cc(-c2cccc3ccccc23)c1. The Balaban J connectivity index is 0.999. The van der Waals surface area contributed by atoms with Crippen LogP contribution in [0.15, 0.2) is 233 Å². The number of hydrogen-bond donors (Lipinski definition) is 0. The summed E-state index contributed by atoms with van der Waals surface area (Å²) in [5.41, 5.74) is 15.9. The highest BCUT2D eigenvalue weighted by molar-refractivity contribution is 6.13. The molecule has 0 spiro atoms. The van der Waals surface area contributed by atoms with Gasteiger partial charge < -0.3 is 13.7 Å². The van der Waals surface area contributed by atoms with E-state index in [-0.39, 0.29) is 0 Å². The molecular formula is C58H37NO2. The van der Waals surface area contributed by atoms with Crippen LogP contribution in [0, 0.1) is 0 Å². The van der Waals surface area contributed by atoms with Crippen LogP contribution in [0.1, 0.15) is 0 Å². The third-order valence-corrected chi connectivity index (χ3v) is 12.1. The van der Waals surface area contributed by atoms with Crippen LogP contribution >= 0.6 is 0 Å². The van der Waals surface area contributed by atoms with Crippen LogP contribution in [-0.2, 0) is 0 Å². The van der Waals surface area contributed by atoms with E-state index < -0.39 is 0 Å². The number of fused-ring (bicyclic) bond motifs is 7. The van der Waals surface area contributed by atoms with E-state index >= 15 is 0 Å². The highest BCUT2D eigenvalue weighted by atomic mass is 16.3. The van der Waals surface area contributed by atoms with Crippen molar-refractivity contribution in [3.63, 3.8) is 0 Å². The Morgan fingerprint density at radius 3 is 1.61 bits per heavy atom. The summed E-state index contributed by atoms with van der Waals surface area (Å²) >= 11 is 0. The molecule has 0 saturated carbocycles. The Morgan fingerprint density at radius 1 is 0.295 bits per heavy atom. The van der Waals surface area contributed by atoms with Crippen molar-refractivity contribution in [1.82, 2.24) is 0 Å². The fourth-order valence-corrected chi connectivity index (χ4v) is 9.24. The normalized spacial score (nSPS) is 11.6. The Labute approximate surface area is 353 Å². The lowest BCUT2D eigenvalue weighted by atomic mass is 9.94. The standard InChI is InChI=1S/C58H37NO2/c1-2-17-45-38(13-1)14-10-21-46(45)41-15-9-16-42(37-41)47-18-3-6-25-53(47)59(43-33-29-39(30-34-43)48-22-12-28-56-57(48)52-20-5-8-27-55(52)60-56)44-35-31-40(32-36-44)49-23-11-24-51-50-19-4-7-26-54(50)61-58(49)51/h1-37H. The first-order valence-electron chi connectivity index (χ1n) is 20.7. The number of anilines is 3. The zero-order valence-electron chi connectivity index (χ0n) is 33.1. The summed E-state index contributed by atoms with van der Waals surface area (Å²) < 4.78 is 12.7. The maximum Gasteiger partial charge on any atom is 0.143 e. The average Bonchev–Trinajstić information content (AvgIpc) is 3.91. The lowest BCUT2D eigenvalue weighted by Gasteiger charge is -2.28. The van der Waals surface area contributed by atoms with Gasteiger partial charge in [0.1, 0.15) is 22.3 Å². The van der Waals surface area contributed by atoms with Crippen LogP contribution in [0.4, 0.5) is 17.1 Å². The molecule has 0 unspecified atom stereocenters. The van der Waals surface area contributed by atoms with Crippen LogP contribution in [0.25, 0.3) is 99.2 Å². The average molecular weight is 780 g/mol. The van der Waals surface area contributed by atoms with Gasteiger partial charge in [0.05, 0.1) is 5.69 Å². The van der Waals surface area contributed by atoms with Crippen molar-refractivity contribution in [2.75, 3.05) is 4.90 Å². The minimum absolute atomic E-state index is 0.891. The highest BCUT2D eigenvalue weighted by Gasteiger charge is 2.20. The fraction of sp³-hybridized carbons (Fsp3) is 0. The number of hydrogen-bond acceptors (Lipinski definition) is 3. The molecule has 3 heteroatoms. The van der Waals surface area contributed by atoms with E-state index in [1.807, 2.05) is 24.3 Å². The molecule has 286 valence electrons. The van der Waals surface area contributed by atoms with Crippen LogP contribution in [0.5, 0.6) is 0 Å². The van der Waals surface area contributed by atoms with Gasteiger partial charge in [-0.3, -0.25) is 0 Å². The Hall–Kier alpha value is -8.14. The van der Waals surface area contributed by atoms with Crippen molar-refractivity contribution >= 4 is 71.7 Å². The first-order valence-corrected chi connectivity index (χ1v) is 20.7. The van der Waals surface area contributed by atoms with Gasteiger partial charge in [-0.25, -0.2) is 0 Å². The molecule has 12 aromatic rings. The molecule has 0 atom stereocenters. The number of rotatable bonds is 7. The second-order valence-electron chi connectivity index (χ2n) is 15.6. The van der Waals surface area contributed by atoms with Gasteiger partial charge in [0.15, 0.2) is 0 Å². The Morgan fingerprint density at radius 2 is 0.803 bits per heavy atom. The third kappa shape index (κ3) is 5.90. The summed E-state index contributed by atoms with van der Waals surface area (Å²) in [5.74, 6) is 0. The molecule has 0 aliphatic carbocycles. The predicted molar refractivity (Wildman–Crippen MR) is 255 cm³/mol. The zero-order chi connectivity index (χ0) is 40.3. The highest BCUT2D eigenvalue weighted by Crippen LogP contribution is 2.44. The molecule has 2 aromatic heterocycles. The summed E-state index contributed by atoms with van der Waals surface area (Å²) in [6, 6.07) is 80.0. The maximum atomic E-state index is 6.46. The second-order valence-corrected chi connectivity index (χ2v) is 15.6. The van der Waals surface area contributed by atoms with Gasteiger partial charge in [-0.05, 0) is 98.8 Å². The first kappa shape index (κ1) is 34.9. The molecule has 3 nitrogen and oxygen atoms in total. The third-order valence-electron chi connectivity index (χ3n) is 12.1. The van der Waals surface area contributed by atoms with Crippen LogP contribution in [-0.4, -0.2) is 0 Å². The van der Waals surface area contributed by atoms with Crippen LogP contribution in [0.3, 0.4) is 0 Å². The number of furan rings is 2. The molecule has 2 heterocycles. The first-order chi connectivity index (χ1) is 30.2. The minimum atomic E-state index is 0.891. The molecule has 0 aliphatic rings. The van der Waals surface area contributed by atoms with E-state index in [0.29, 0.717) is 0 Å². The molecule has 0 fully saturated rings. The molecule has 61 heavy (non-hydrogen) atoms. The molecule has 10 aromatic carbocycles. The maximum absolute atomic E-state index is 6.46. The van der Waals surface area contributed by atoms with Gasteiger partial charge in [-0.15, -0.1) is 0 Å². The van der Waals surface area contributed by atoms with Gasteiger partial charge in [0.2, 0.25) is 0 Å². The summed E-state index contributed by atoms with van der Waals surface area (Å²) in [6.45, 7) is 0. The lowest BCUT2D eigenvalue weighted by Crippen LogP contribution is -2.11. The van der Waals surface area contributed by atoms with Crippen molar-refractivity contribution in [3.8, 4) is 44.5 Å². The largest absolute Gasteiger partial charge is 0.456 e. The fourth-order valence-electron chi connectivity index (χ4n) is 9.24. The van der Waals surface area contributed by atoms with Crippen molar-refractivity contribution < 1.29 is 8.83 Å². The molecule has 0 aliphatic heterocycles. The van der Waals surface area contributed by atoms with Crippen molar-refractivity contribution in [3.05, 3.63) is 224 Å². The molecule has 0 amide bonds. The Bertz CT molecular complexity index is 3590. The summed E-state index contributed by atoms with van der Waals surface area (Å²) in [4.78, 5) is 2.38. The van der Waals surface area contributed by atoms with Gasteiger partial charge in [-0.1, -0.05) is 170 Å². The van der Waals surface area contributed by atoms with Crippen LogP contribution in [0.2, 0.25) is 0 Å². The lowest BCUT2D eigenvalue weighted by molar-refractivity contribution is 0.669. The van der Waals surface area contributed by atoms with Gasteiger partial charge in [0.25, 0.3) is 0 Å². The summed E-state index contributed by atoms with van der Waals surface area (Å²) in [6.07, 6.45) is 0. The topological polar surface area (TPSA) is 29.5 Å². The van der Waals surface area contributed by atoms with E-state index in [0.717, 1.165) is 94.3 Å². The number of benzene rings is 10. The molecule has 0 bridgehead atoms. The monoisotopic (exact) mass is 779 g/mol. The van der Waals surface area contributed by atoms with Crippen LogP contribution < -0.4 is 4.90 Å². The Kier molecular flexibility index (Phi) is 8.17. The van der Waals surface area contributed by atoms with Gasteiger partial charge in [-0.2, -0.15) is 0 Å². The molecule has 0 N–H and O–H groups in total. The van der Waals surface area contributed by atoms with Crippen molar-refractivity contribution in [2.45, 2.75) is 0 Å².